The number of piperidine rings is 1. The van der Waals surface area contributed by atoms with Crippen LogP contribution < -0.4 is 10.6 Å². The van der Waals surface area contributed by atoms with Gasteiger partial charge in [-0.1, -0.05) is 18.2 Å². The third-order valence-electron chi connectivity index (χ3n) is 4.81. The number of nitrogens with zero attached hydrogens (tertiary/aromatic N) is 3. The summed E-state index contributed by atoms with van der Waals surface area (Å²) in [7, 11) is 1.72. The lowest BCUT2D eigenvalue weighted by atomic mass is 10.0. The quantitative estimate of drug-likeness (QED) is 0.415. The molecule has 154 valence electrons. The number of amidine groups is 1. The van der Waals surface area contributed by atoms with E-state index in [0.29, 0.717) is 17.1 Å². The number of carbonyl (C=O) groups excluding carboxylic acids is 1. The molecule has 0 unspecified atom stereocenters. The van der Waals surface area contributed by atoms with Gasteiger partial charge in [-0.15, -0.1) is 0 Å². The number of benzene rings is 1. The van der Waals surface area contributed by atoms with Crippen LogP contribution in [0.25, 0.3) is 11.1 Å². The maximum absolute atomic E-state index is 14.9. The average Bonchev–Trinajstić information content (AvgIpc) is 2.73. The van der Waals surface area contributed by atoms with E-state index in [1.54, 1.807) is 31.6 Å². The summed E-state index contributed by atoms with van der Waals surface area (Å²) in [4.78, 5) is 22.4. The minimum atomic E-state index is -0.674. The molecule has 2 aromatic rings. The monoisotopic (exact) mass is 401 g/mol. The molecule has 0 radical (unpaired) electrons. The molecular formula is C20H24FN5O3. The summed E-state index contributed by atoms with van der Waals surface area (Å²) >= 11 is 0. The van der Waals surface area contributed by atoms with Gasteiger partial charge < -0.3 is 20.1 Å². The van der Waals surface area contributed by atoms with Gasteiger partial charge in [0.2, 0.25) is 5.95 Å². The molecule has 1 fully saturated rings. The molecule has 1 saturated heterocycles. The lowest BCUT2D eigenvalue weighted by Gasteiger charge is -2.31. The van der Waals surface area contributed by atoms with Crippen LogP contribution in [-0.4, -0.2) is 48.1 Å². The predicted octanol–water partition coefficient (Wildman–Crippen LogP) is 2.27. The molecule has 0 amide bonds. The van der Waals surface area contributed by atoms with E-state index in [2.05, 4.69) is 14.9 Å². The van der Waals surface area contributed by atoms with Gasteiger partial charge in [-0.25, -0.2) is 14.4 Å². The van der Waals surface area contributed by atoms with Crippen molar-refractivity contribution >= 4 is 17.8 Å². The van der Waals surface area contributed by atoms with Crippen LogP contribution in [0.1, 0.15) is 24.8 Å². The van der Waals surface area contributed by atoms with Crippen LogP contribution in [0.5, 0.6) is 0 Å². The first-order valence-corrected chi connectivity index (χ1v) is 9.34. The zero-order valence-corrected chi connectivity index (χ0v) is 16.2. The molecule has 0 spiro atoms. The number of rotatable bonds is 7. The third-order valence-corrected chi connectivity index (χ3v) is 4.81. The molecule has 1 aliphatic heterocycles. The number of anilines is 1. The van der Waals surface area contributed by atoms with E-state index in [9.17, 15) is 9.18 Å². The fraction of sp³-hybridized carbons (Fsp3) is 0.400. The summed E-state index contributed by atoms with van der Waals surface area (Å²) < 4.78 is 25.2. The van der Waals surface area contributed by atoms with Crippen LogP contribution in [0.2, 0.25) is 0 Å². The molecule has 2 heterocycles. The van der Waals surface area contributed by atoms with Crippen LogP contribution in [0.3, 0.4) is 0 Å². The highest BCUT2D eigenvalue weighted by atomic mass is 19.1. The Balaban J connectivity index is 1.69. The number of aromatic nitrogens is 2. The molecule has 29 heavy (non-hydrogen) atoms. The van der Waals surface area contributed by atoms with Gasteiger partial charge in [0, 0.05) is 49.3 Å². The molecule has 0 atom stereocenters. The lowest BCUT2D eigenvalue weighted by molar-refractivity contribution is -0.143. The van der Waals surface area contributed by atoms with E-state index in [1.807, 2.05) is 0 Å². The molecule has 0 saturated carbocycles. The summed E-state index contributed by atoms with van der Waals surface area (Å²) in [5.41, 5.74) is 6.25. The van der Waals surface area contributed by atoms with E-state index in [4.69, 9.17) is 20.6 Å². The highest BCUT2D eigenvalue weighted by Gasteiger charge is 2.21. The molecular weight excluding hydrogens is 377 g/mol. The lowest BCUT2D eigenvalue weighted by Crippen LogP contribution is -2.37. The number of methoxy groups -OCH3 is 1. The first kappa shape index (κ1) is 20.7. The molecule has 1 aromatic carbocycles. The van der Waals surface area contributed by atoms with Crippen LogP contribution in [-0.2, 0) is 20.9 Å². The predicted molar refractivity (Wildman–Crippen MR) is 106 cm³/mol. The minimum absolute atomic E-state index is 0.227. The maximum Gasteiger partial charge on any atom is 0.313 e. The van der Waals surface area contributed by atoms with Crippen molar-refractivity contribution < 1.29 is 18.7 Å². The summed E-state index contributed by atoms with van der Waals surface area (Å²) in [5, 5.41) is 7.09. The first-order chi connectivity index (χ1) is 14.0. The van der Waals surface area contributed by atoms with Gasteiger partial charge in [-0.3, -0.25) is 10.2 Å². The van der Waals surface area contributed by atoms with Crippen molar-refractivity contribution in [1.29, 1.82) is 5.41 Å². The zero-order valence-electron chi connectivity index (χ0n) is 16.2. The van der Waals surface area contributed by atoms with Gasteiger partial charge in [0.1, 0.15) is 24.7 Å². The Bertz CT molecular complexity index is 867. The van der Waals surface area contributed by atoms with Crippen molar-refractivity contribution in [3.63, 3.8) is 0 Å². The Labute approximate surface area is 168 Å². The van der Waals surface area contributed by atoms with Gasteiger partial charge in [-0.05, 0) is 12.8 Å². The molecule has 9 heteroatoms. The van der Waals surface area contributed by atoms with Crippen LogP contribution in [0, 0.1) is 11.2 Å². The minimum Gasteiger partial charge on any atom is -0.460 e. The fourth-order valence-electron chi connectivity index (χ4n) is 3.19. The summed E-state index contributed by atoms with van der Waals surface area (Å²) in [5.74, 6) is -0.862. The van der Waals surface area contributed by atoms with E-state index >= 15 is 0 Å². The smallest absolute Gasteiger partial charge is 0.313 e. The molecule has 0 aliphatic carbocycles. The standard InChI is InChI=1S/C20H24FN5O3/c1-28-15-5-7-26(8-6-15)20-24-10-14(11-25-20)16-4-2-3-13(19(16)21)12-29-18(27)9-17(22)23/h2-4,10-11,15H,5-9,12H2,1H3,(H3,22,23). The van der Waals surface area contributed by atoms with Gasteiger partial charge in [0.15, 0.2) is 0 Å². The van der Waals surface area contributed by atoms with Gasteiger partial charge in [-0.2, -0.15) is 0 Å². The molecule has 0 bridgehead atoms. The van der Waals surface area contributed by atoms with Crippen molar-refractivity contribution in [3.05, 3.63) is 42.0 Å². The van der Waals surface area contributed by atoms with Crippen molar-refractivity contribution in [1.82, 2.24) is 9.97 Å². The number of halogens is 1. The van der Waals surface area contributed by atoms with Crippen molar-refractivity contribution in [2.24, 2.45) is 5.73 Å². The van der Waals surface area contributed by atoms with Crippen LogP contribution in [0.4, 0.5) is 10.3 Å². The number of ether oxygens (including phenoxy) is 2. The van der Waals surface area contributed by atoms with Gasteiger partial charge >= 0.3 is 5.97 Å². The molecule has 1 aromatic heterocycles. The maximum atomic E-state index is 14.9. The number of carbonyl (C=O) groups is 1. The van der Waals surface area contributed by atoms with Gasteiger partial charge in [0.05, 0.1) is 6.10 Å². The van der Waals surface area contributed by atoms with Crippen molar-refractivity contribution in [2.45, 2.75) is 32.0 Å². The summed E-state index contributed by atoms with van der Waals surface area (Å²) in [6.45, 7) is 1.39. The summed E-state index contributed by atoms with van der Waals surface area (Å²) in [6.07, 6.45) is 4.97. The average molecular weight is 401 g/mol. The Kier molecular flexibility index (Phi) is 6.71. The molecule has 3 rings (SSSR count). The highest BCUT2D eigenvalue weighted by Crippen LogP contribution is 2.26. The normalized spacial score (nSPS) is 14.6. The van der Waals surface area contributed by atoms with Gasteiger partial charge in [0.25, 0.3) is 0 Å². The third kappa shape index (κ3) is 5.26. The Hall–Kier alpha value is -3.07. The number of esters is 1. The van der Waals surface area contributed by atoms with Crippen LogP contribution >= 0.6 is 0 Å². The second-order valence-corrected chi connectivity index (χ2v) is 6.84. The van der Waals surface area contributed by atoms with E-state index < -0.39 is 11.8 Å². The van der Waals surface area contributed by atoms with E-state index in [-0.39, 0.29) is 30.5 Å². The van der Waals surface area contributed by atoms with Crippen molar-refractivity contribution in [2.75, 3.05) is 25.1 Å². The Morgan fingerprint density at radius 3 is 2.62 bits per heavy atom. The Morgan fingerprint density at radius 2 is 2.00 bits per heavy atom. The number of nitrogens with one attached hydrogen (secondary N) is 1. The molecule has 1 aliphatic rings. The molecule has 3 N–H and O–H groups in total. The van der Waals surface area contributed by atoms with E-state index in [0.717, 1.165) is 25.9 Å². The Morgan fingerprint density at radius 1 is 1.31 bits per heavy atom. The first-order valence-electron chi connectivity index (χ1n) is 9.34. The summed E-state index contributed by atoms with van der Waals surface area (Å²) in [6, 6.07) is 4.84. The largest absolute Gasteiger partial charge is 0.460 e. The molecule has 8 nitrogen and oxygen atoms in total. The topological polar surface area (TPSA) is 114 Å². The second-order valence-electron chi connectivity index (χ2n) is 6.84. The van der Waals surface area contributed by atoms with E-state index in [1.165, 1.54) is 6.07 Å². The second kappa shape index (κ2) is 9.42. The van der Waals surface area contributed by atoms with Crippen LogP contribution in [0.15, 0.2) is 30.6 Å². The zero-order chi connectivity index (χ0) is 20.8. The fourth-order valence-corrected chi connectivity index (χ4v) is 3.19. The number of nitrogens with two attached hydrogens (primary N) is 1. The highest BCUT2D eigenvalue weighted by molar-refractivity contribution is 5.94. The SMILES string of the molecule is COC1CCN(c2ncc(-c3cccc(COC(=O)CC(=N)N)c3F)cn2)CC1. The van der Waals surface area contributed by atoms with Crippen molar-refractivity contribution in [3.8, 4) is 11.1 Å². The number of hydrogen-bond acceptors (Lipinski definition) is 7. The number of hydrogen-bond donors (Lipinski definition) is 2.